The van der Waals surface area contributed by atoms with Crippen LogP contribution in [-0.2, 0) is 0 Å². The fourth-order valence-electron chi connectivity index (χ4n) is 7.66. The van der Waals surface area contributed by atoms with Crippen molar-refractivity contribution in [3.05, 3.63) is 145 Å². The Bertz CT molecular complexity index is 2800. The summed E-state index contributed by atoms with van der Waals surface area (Å²) < 4.78 is 15.9. The Labute approximate surface area is 276 Å². The number of para-hydroxylation sites is 5. The second-order valence-corrected chi connectivity index (χ2v) is 12.4. The van der Waals surface area contributed by atoms with E-state index in [1.807, 2.05) is 24.3 Å². The van der Waals surface area contributed by atoms with Crippen LogP contribution in [0.4, 0.5) is 17.1 Å². The van der Waals surface area contributed by atoms with Gasteiger partial charge in [0.15, 0.2) is 0 Å². The molecule has 0 saturated heterocycles. The van der Waals surface area contributed by atoms with Crippen LogP contribution in [0.25, 0.3) is 60.3 Å². The number of hydrogen-bond acceptors (Lipinski definition) is 4. The molecule has 0 unspecified atom stereocenters. The number of ether oxygens (including phenoxy) is 2. The number of aromatic nitrogens is 2. The van der Waals surface area contributed by atoms with Gasteiger partial charge in [0.2, 0.25) is 0 Å². The normalized spacial score (nSPS) is 12.8. The summed E-state index contributed by atoms with van der Waals surface area (Å²) in [5, 5.41) is 5.54. The Morgan fingerprint density at radius 3 is 2.19 bits per heavy atom. The molecule has 0 spiro atoms. The van der Waals surface area contributed by atoms with Gasteiger partial charge in [0.1, 0.15) is 0 Å². The molecule has 222 valence electrons. The van der Waals surface area contributed by atoms with Crippen molar-refractivity contribution in [2.24, 2.45) is 0 Å². The van der Waals surface area contributed by atoms with Gasteiger partial charge in [-0.15, -0.1) is 0 Å². The topological polar surface area (TPSA) is 39.5 Å². The molecule has 6 heteroatoms. The van der Waals surface area contributed by atoms with Crippen molar-refractivity contribution in [2.75, 3.05) is 4.90 Å². The zero-order valence-electron chi connectivity index (χ0n) is 25.6. The van der Waals surface area contributed by atoms with Crippen molar-refractivity contribution in [1.29, 1.82) is 0 Å². The molecule has 6 aromatic carbocycles. The van der Waals surface area contributed by atoms with Gasteiger partial charge in [0.25, 0.3) is 0 Å². The third-order valence-corrected chi connectivity index (χ3v) is 9.73. The minimum absolute atomic E-state index is 0.744. The van der Waals surface area contributed by atoms with Gasteiger partial charge in [-0.05, 0) is 0 Å². The van der Waals surface area contributed by atoms with Crippen LogP contribution >= 0.6 is 0 Å². The first-order chi connectivity index (χ1) is 23.8. The van der Waals surface area contributed by atoms with Crippen molar-refractivity contribution < 1.29 is 9.47 Å². The summed E-state index contributed by atoms with van der Waals surface area (Å²) in [5.74, 6) is 6.02. The summed E-state index contributed by atoms with van der Waals surface area (Å²) in [7, 11) is 0. The van der Waals surface area contributed by atoms with Gasteiger partial charge in [-0.25, -0.2) is 0 Å². The molecule has 0 radical (unpaired) electrons. The van der Waals surface area contributed by atoms with Crippen molar-refractivity contribution in [1.82, 2.24) is 9.55 Å². The van der Waals surface area contributed by atoms with Crippen LogP contribution in [0.5, 0.6) is 23.0 Å². The molecule has 2 aliphatic rings. The number of anilines is 3. The van der Waals surface area contributed by atoms with Gasteiger partial charge < -0.3 is 0 Å². The monoisotopic (exact) mass is 613 g/mol. The molecule has 2 aliphatic heterocycles. The zero-order valence-corrected chi connectivity index (χ0v) is 25.6. The second-order valence-electron chi connectivity index (χ2n) is 12.4. The van der Waals surface area contributed by atoms with Crippen molar-refractivity contribution in [2.45, 2.75) is 0 Å². The van der Waals surface area contributed by atoms with Gasteiger partial charge in [-0.3, -0.25) is 0 Å². The first-order valence-corrected chi connectivity index (χ1v) is 16.1. The number of rotatable bonds is 2. The Kier molecular flexibility index (Phi) is 5.13. The van der Waals surface area contributed by atoms with Crippen LogP contribution < -0.4 is 14.4 Å². The Balaban J connectivity index is 1.30. The van der Waals surface area contributed by atoms with E-state index in [0.29, 0.717) is 0 Å². The molecule has 0 fully saturated rings. The van der Waals surface area contributed by atoms with Crippen LogP contribution in [0.2, 0.25) is 0 Å². The van der Waals surface area contributed by atoms with E-state index in [0.717, 1.165) is 100 Å². The number of benzene rings is 6. The zero-order chi connectivity index (χ0) is 31.3. The molecule has 11 rings (SSSR count). The molecule has 5 nitrogen and oxygen atoms in total. The van der Waals surface area contributed by atoms with Crippen LogP contribution in [-0.4, -0.2) is 16.5 Å². The Morgan fingerprint density at radius 1 is 0.583 bits per heavy atom. The molecule has 0 N–H and O–H groups in total. The van der Waals surface area contributed by atoms with Gasteiger partial charge in [-0.1, -0.05) is 6.07 Å². The van der Waals surface area contributed by atoms with E-state index < -0.39 is 0 Å². The molecule has 0 bridgehead atoms. The summed E-state index contributed by atoms with van der Waals surface area (Å²) >= 11 is 0. The van der Waals surface area contributed by atoms with Crippen LogP contribution in [0.3, 0.4) is 0 Å². The summed E-state index contributed by atoms with van der Waals surface area (Å²) in [5.41, 5.74) is 8.07. The molecule has 48 heavy (non-hydrogen) atoms. The fraction of sp³-hybridized carbons (Fsp3) is 0. The molecule has 0 amide bonds. The summed E-state index contributed by atoms with van der Waals surface area (Å²) in [6.45, 7) is 2.17. The minimum atomic E-state index is 0.744. The summed E-state index contributed by atoms with van der Waals surface area (Å²) in [6, 6.07) is 48.6. The number of nitrogens with zero attached hydrogens (tertiary/aromatic N) is 3. The van der Waals surface area contributed by atoms with E-state index in [4.69, 9.17) is 14.5 Å². The molecule has 9 aromatic rings. The fourth-order valence-corrected chi connectivity index (χ4v) is 7.66. The van der Waals surface area contributed by atoms with E-state index >= 15 is 0 Å². The average Bonchev–Trinajstić information content (AvgIpc) is 3.49. The maximum atomic E-state index is 6.95. The molecular formula is C42H24BN3O2. The third-order valence-electron chi connectivity index (χ3n) is 9.73. The molecule has 0 atom stereocenters. The van der Waals surface area contributed by atoms with Gasteiger partial charge in [0.05, 0.1) is 0 Å². The predicted octanol–water partition coefficient (Wildman–Crippen LogP) is 11.2. The molecule has 5 heterocycles. The SMILES string of the molecule is b1cccc2ccc3c(-c4ccccc4)cc(-n4c5ccccc5c5cc6c7c(c54)Oc4ccccc4N7c4ccccc4O6)nc3c12. The average molecular weight is 613 g/mol. The van der Waals surface area contributed by atoms with E-state index in [9.17, 15) is 0 Å². The predicted molar refractivity (Wildman–Crippen MR) is 195 cm³/mol. The molecule has 0 aliphatic carbocycles. The first-order valence-electron chi connectivity index (χ1n) is 16.1. The maximum absolute atomic E-state index is 6.95. The van der Waals surface area contributed by atoms with E-state index in [1.54, 1.807) is 0 Å². The molecular weight excluding hydrogens is 589 g/mol. The van der Waals surface area contributed by atoms with Crippen molar-refractivity contribution >= 4 is 67.3 Å². The first kappa shape index (κ1) is 25.8. The number of fused-ring (bicyclic) bond motifs is 11. The van der Waals surface area contributed by atoms with Crippen LogP contribution in [0.15, 0.2) is 145 Å². The van der Waals surface area contributed by atoms with E-state index in [-0.39, 0.29) is 0 Å². The number of pyridine rings is 1. The third kappa shape index (κ3) is 3.46. The van der Waals surface area contributed by atoms with E-state index in [1.165, 1.54) is 0 Å². The van der Waals surface area contributed by atoms with Crippen molar-refractivity contribution in [3.63, 3.8) is 0 Å². The van der Waals surface area contributed by atoms with E-state index in [2.05, 4.69) is 138 Å². The summed E-state index contributed by atoms with van der Waals surface area (Å²) in [6.07, 6.45) is 0. The van der Waals surface area contributed by atoms with Gasteiger partial charge in [0, 0.05) is 0 Å². The standard InChI is InChI=1S/C42H24BN3O2/c1-2-11-25(12-3-1)29-24-37(44-39-28(29)21-20-26-13-10-22-43-38(26)39)46-31-15-5-4-14-27(31)30-23-36-41-42(40(30)46)48-35-19-9-7-17-33(35)45(41)32-16-6-8-18-34(32)47-36/h1-24H. The summed E-state index contributed by atoms with van der Waals surface area (Å²) in [4.78, 5) is 7.78. The second kappa shape index (κ2) is 9.56. The van der Waals surface area contributed by atoms with Crippen LogP contribution in [0, 0.1) is 0 Å². The van der Waals surface area contributed by atoms with Gasteiger partial charge in [-0.2, -0.15) is 0 Å². The Morgan fingerprint density at radius 2 is 1.33 bits per heavy atom. The van der Waals surface area contributed by atoms with Crippen molar-refractivity contribution in [3.8, 4) is 39.9 Å². The van der Waals surface area contributed by atoms with Crippen LogP contribution in [0.1, 0.15) is 0 Å². The molecule has 3 aromatic heterocycles. The Hall–Kier alpha value is -6.40. The molecule has 0 saturated carbocycles. The van der Waals surface area contributed by atoms with Gasteiger partial charge >= 0.3 is 271 Å². The number of hydrogen-bond donors (Lipinski definition) is 0. The quantitative estimate of drug-likeness (QED) is 0.182.